The summed E-state index contributed by atoms with van der Waals surface area (Å²) in [6, 6.07) is 7.49. The fourth-order valence-electron chi connectivity index (χ4n) is 4.95. The van der Waals surface area contributed by atoms with E-state index in [1.807, 2.05) is 0 Å². The number of benzene rings is 2. The molecule has 2 fully saturated rings. The van der Waals surface area contributed by atoms with E-state index < -0.39 is 96.3 Å². The number of hydrogen-bond acceptors (Lipinski definition) is 16. The average molecular weight is 637 g/mol. The van der Waals surface area contributed by atoms with Gasteiger partial charge in [-0.3, -0.25) is 9.59 Å². The molecule has 2 aliphatic rings. The molecule has 0 radical (unpaired) electrons. The van der Waals surface area contributed by atoms with E-state index in [0.29, 0.717) is 0 Å². The first-order valence-electron chi connectivity index (χ1n) is 13.8. The second-order valence-electron chi connectivity index (χ2n) is 10.7. The molecule has 0 spiro atoms. The number of rotatable bonds is 7. The number of phenolic OH excluding ortho intramolecular Hbond substituents is 2. The summed E-state index contributed by atoms with van der Waals surface area (Å²) in [4.78, 5) is 25.1. The SMILES string of the molecule is CC(=O)OC[C@@H]1O[C@@H](Oc2c(-c3ccc(O)cc3)oc3cc(O[C@H]4O[C@@H](C)[C@H](O)[C@H](O)[C@@H]4O)cc(O)c3c2=O)[C@@H](O)[C@@H](O)[C@H]1O. The molecule has 244 valence electrons. The van der Waals surface area contributed by atoms with Crippen LogP contribution in [0.4, 0.5) is 0 Å². The van der Waals surface area contributed by atoms with E-state index in [1.165, 1.54) is 37.3 Å². The van der Waals surface area contributed by atoms with Gasteiger partial charge in [0.2, 0.25) is 23.8 Å². The van der Waals surface area contributed by atoms with Crippen LogP contribution in [-0.2, 0) is 19.0 Å². The molecule has 0 bridgehead atoms. The van der Waals surface area contributed by atoms with E-state index >= 15 is 0 Å². The van der Waals surface area contributed by atoms with Crippen LogP contribution in [0.2, 0.25) is 0 Å². The third-order valence-corrected chi connectivity index (χ3v) is 7.45. The molecule has 3 aromatic rings. The van der Waals surface area contributed by atoms with Crippen molar-refractivity contribution in [1.82, 2.24) is 0 Å². The maximum Gasteiger partial charge on any atom is 0.302 e. The van der Waals surface area contributed by atoms with Gasteiger partial charge in [0, 0.05) is 24.6 Å². The van der Waals surface area contributed by atoms with Crippen molar-refractivity contribution in [2.24, 2.45) is 0 Å². The fourth-order valence-corrected chi connectivity index (χ4v) is 4.95. The molecular weight excluding hydrogens is 604 g/mol. The average Bonchev–Trinajstić information content (AvgIpc) is 2.99. The van der Waals surface area contributed by atoms with Gasteiger partial charge in [-0.2, -0.15) is 0 Å². The molecule has 2 saturated heterocycles. The van der Waals surface area contributed by atoms with Crippen molar-refractivity contribution in [1.29, 1.82) is 0 Å². The number of fused-ring (bicyclic) bond motifs is 1. The molecule has 16 nitrogen and oxygen atoms in total. The number of ether oxygens (including phenoxy) is 5. The molecule has 0 unspecified atom stereocenters. The van der Waals surface area contributed by atoms with Gasteiger partial charge < -0.3 is 69.0 Å². The zero-order chi connectivity index (χ0) is 32.7. The molecule has 1 aromatic heterocycles. The van der Waals surface area contributed by atoms with Gasteiger partial charge >= 0.3 is 5.97 Å². The standard InChI is InChI=1S/C29H32O16/c1-10-19(33)22(36)24(38)28(41-10)42-14-7-15(32)18-16(8-14)43-26(12-3-5-13(31)6-4-12)27(21(18)35)45-29-25(39)23(37)20(34)17(44-29)9-40-11(2)30/h3-8,10,17,19-20,22-25,28-29,31-34,36-39H,9H2,1-2H3/t10-,17-,19-,20-,22-,23-,24-,25-,28+,29-/m0/s1. The lowest BCUT2D eigenvalue weighted by Crippen LogP contribution is -2.60. The lowest BCUT2D eigenvalue weighted by molar-refractivity contribution is -0.278. The van der Waals surface area contributed by atoms with Crippen molar-refractivity contribution >= 4 is 16.9 Å². The Labute approximate surface area is 253 Å². The van der Waals surface area contributed by atoms with Crippen LogP contribution in [0, 0.1) is 0 Å². The molecule has 0 aliphatic carbocycles. The molecule has 2 aliphatic heterocycles. The Hall–Kier alpha value is -4.00. The van der Waals surface area contributed by atoms with E-state index in [2.05, 4.69) is 0 Å². The van der Waals surface area contributed by atoms with Crippen LogP contribution in [0.3, 0.4) is 0 Å². The van der Waals surface area contributed by atoms with Crippen LogP contribution in [-0.4, -0.2) is 115 Å². The third kappa shape index (κ3) is 6.40. The maximum atomic E-state index is 13.8. The highest BCUT2D eigenvalue weighted by molar-refractivity contribution is 5.88. The van der Waals surface area contributed by atoms with Crippen LogP contribution in [0.15, 0.2) is 45.6 Å². The van der Waals surface area contributed by atoms with E-state index in [9.17, 15) is 50.4 Å². The monoisotopic (exact) mass is 636 g/mol. The number of phenols is 2. The predicted octanol–water partition coefficient (Wildman–Crippen LogP) is -1.17. The third-order valence-electron chi connectivity index (χ3n) is 7.45. The van der Waals surface area contributed by atoms with Crippen LogP contribution >= 0.6 is 0 Å². The van der Waals surface area contributed by atoms with Gasteiger partial charge in [0.25, 0.3) is 0 Å². The fraction of sp³-hybridized carbons (Fsp3) is 0.448. The van der Waals surface area contributed by atoms with Crippen molar-refractivity contribution in [2.75, 3.05) is 6.61 Å². The van der Waals surface area contributed by atoms with Gasteiger partial charge in [0.05, 0.1) is 6.10 Å². The predicted molar refractivity (Wildman–Crippen MR) is 148 cm³/mol. The Morgan fingerprint density at radius 1 is 0.822 bits per heavy atom. The molecule has 0 saturated carbocycles. The number of esters is 1. The zero-order valence-electron chi connectivity index (χ0n) is 23.8. The summed E-state index contributed by atoms with van der Waals surface area (Å²) < 4.78 is 33.1. The summed E-state index contributed by atoms with van der Waals surface area (Å²) in [7, 11) is 0. The molecule has 45 heavy (non-hydrogen) atoms. The summed E-state index contributed by atoms with van der Waals surface area (Å²) in [6.45, 7) is 2.04. The smallest absolute Gasteiger partial charge is 0.302 e. The molecule has 3 heterocycles. The number of aliphatic hydroxyl groups is 6. The molecule has 16 heteroatoms. The van der Waals surface area contributed by atoms with Crippen molar-refractivity contribution in [3.05, 3.63) is 46.6 Å². The van der Waals surface area contributed by atoms with Crippen molar-refractivity contribution in [3.8, 4) is 34.3 Å². The Morgan fingerprint density at radius 3 is 2.09 bits per heavy atom. The normalized spacial score (nSPS) is 31.8. The summed E-state index contributed by atoms with van der Waals surface area (Å²) in [5.74, 6) is -2.55. The summed E-state index contributed by atoms with van der Waals surface area (Å²) >= 11 is 0. The van der Waals surface area contributed by atoms with Crippen molar-refractivity contribution < 1.29 is 73.7 Å². The minimum Gasteiger partial charge on any atom is -0.508 e. The highest BCUT2D eigenvalue weighted by atomic mass is 16.7. The van der Waals surface area contributed by atoms with Gasteiger partial charge in [0.15, 0.2) is 5.76 Å². The Bertz CT molecular complexity index is 1590. The Kier molecular flexibility index (Phi) is 9.20. The van der Waals surface area contributed by atoms with Gasteiger partial charge in [-0.1, -0.05) is 0 Å². The van der Waals surface area contributed by atoms with Gasteiger partial charge in [-0.05, 0) is 31.2 Å². The Balaban J connectivity index is 1.56. The zero-order valence-corrected chi connectivity index (χ0v) is 23.8. The summed E-state index contributed by atoms with van der Waals surface area (Å²) in [5, 5.41) is 82.0. The minimum atomic E-state index is -1.90. The lowest BCUT2D eigenvalue weighted by Gasteiger charge is -2.39. The van der Waals surface area contributed by atoms with E-state index in [1.54, 1.807) is 0 Å². The van der Waals surface area contributed by atoms with Gasteiger partial charge in [0.1, 0.15) is 77.6 Å². The summed E-state index contributed by atoms with van der Waals surface area (Å²) in [5.41, 5.74) is -1.05. The highest BCUT2D eigenvalue weighted by Crippen LogP contribution is 2.38. The number of aliphatic hydroxyl groups excluding tert-OH is 6. The highest BCUT2D eigenvalue weighted by Gasteiger charge is 2.46. The van der Waals surface area contributed by atoms with Crippen molar-refractivity contribution in [2.45, 2.75) is 75.3 Å². The number of carbonyl (C=O) groups is 1. The largest absolute Gasteiger partial charge is 0.508 e. The first-order chi connectivity index (χ1) is 21.3. The quantitative estimate of drug-likeness (QED) is 0.142. The number of carbonyl (C=O) groups excluding carboxylic acids is 1. The second-order valence-corrected chi connectivity index (χ2v) is 10.7. The molecule has 0 amide bonds. The maximum absolute atomic E-state index is 13.8. The second kappa shape index (κ2) is 12.8. The number of aromatic hydroxyl groups is 2. The molecule has 2 aromatic carbocycles. The lowest BCUT2D eigenvalue weighted by atomic mass is 9.99. The van der Waals surface area contributed by atoms with Crippen LogP contribution in [0.25, 0.3) is 22.3 Å². The first-order valence-corrected chi connectivity index (χ1v) is 13.8. The Morgan fingerprint density at radius 2 is 1.44 bits per heavy atom. The van der Waals surface area contributed by atoms with Crippen LogP contribution in [0.1, 0.15) is 13.8 Å². The molecular formula is C29H32O16. The molecule has 10 atom stereocenters. The van der Waals surface area contributed by atoms with Crippen molar-refractivity contribution in [3.63, 3.8) is 0 Å². The van der Waals surface area contributed by atoms with E-state index in [4.69, 9.17) is 28.1 Å². The van der Waals surface area contributed by atoms with Crippen LogP contribution < -0.4 is 14.9 Å². The number of hydrogen-bond donors (Lipinski definition) is 8. The van der Waals surface area contributed by atoms with E-state index in [0.717, 1.165) is 13.0 Å². The van der Waals surface area contributed by atoms with E-state index in [-0.39, 0.29) is 28.4 Å². The molecule has 8 N–H and O–H groups in total. The summed E-state index contributed by atoms with van der Waals surface area (Å²) in [6.07, 6.45) is -15.7. The van der Waals surface area contributed by atoms with Crippen LogP contribution in [0.5, 0.6) is 23.0 Å². The van der Waals surface area contributed by atoms with Gasteiger partial charge in [-0.25, -0.2) is 0 Å². The van der Waals surface area contributed by atoms with Gasteiger partial charge in [-0.15, -0.1) is 0 Å². The topological polar surface area (TPSA) is 255 Å². The first kappa shape index (κ1) is 32.4. The molecule has 5 rings (SSSR count). The minimum absolute atomic E-state index is 0.123.